The average molecular weight is 208 g/mol. The average Bonchev–Trinajstić information content (AvgIpc) is 2.29. The first-order chi connectivity index (χ1) is 7.31. The maximum absolute atomic E-state index is 5.48. The van der Waals surface area contributed by atoms with Crippen molar-refractivity contribution in [3.63, 3.8) is 0 Å². The van der Waals surface area contributed by atoms with E-state index in [1.807, 2.05) is 24.3 Å². The van der Waals surface area contributed by atoms with Crippen LogP contribution in [0.3, 0.4) is 0 Å². The zero-order valence-corrected chi connectivity index (χ0v) is 9.16. The van der Waals surface area contributed by atoms with Gasteiger partial charge in [0, 0.05) is 6.07 Å². The van der Waals surface area contributed by atoms with Gasteiger partial charge in [-0.05, 0) is 18.6 Å². The van der Waals surface area contributed by atoms with Crippen LogP contribution >= 0.6 is 0 Å². The molecule has 3 heteroatoms. The molecule has 0 aliphatic heterocycles. The van der Waals surface area contributed by atoms with Gasteiger partial charge in [-0.25, -0.2) is 0 Å². The third kappa shape index (κ3) is 3.20. The summed E-state index contributed by atoms with van der Waals surface area (Å²) in [6.07, 6.45) is 2.65. The third-order valence-corrected chi connectivity index (χ3v) is 1.95. The molecule has 0 atom stereocenters. The molecule has 0 saturated heterocycles. The number of ether oxygens (including phenoxy) is 3. The summed E-state index contributed by atoms with van der Waals surface area (Å²) in [5.74, 6) is 2.15. The Hall–Kier alpha value is -1.64. The van der Waals surface area contributed by atoms with Crippen LogP contribution in [0.5, 0.6) is 17.2 Å². The number of rotatable bonds is 6. The summed E-state index contributed by atoms with van der Waals surface area (Å²) in [7, 11) is 3.21. The molecular weight excluding hydrogens is 192 g/mol. The van der Waals surface area contributed by atoms with Crippen LogP contribution in [-0.2, 0) is 0 Å². The molecule has 82 valence electrons. The van der Waals surface area contributed by atoms with Crippen molar-refractivity contribution < 1.29 is 14.2 Å². The molecule has 1 aromatic rings. The van der Waals surface area contributed by atoms with E-state index in [-0.39, 0.29) is 0 Å². The van der Waals surface area contributed by atoms with E-state index < -0.39 is 0 Å². The Bertz CT molecular complexity index is 321. The van der Waals surface area contributed by atoms with E-state index >= 15 is 0 Å². The SMILES string of the molecule is C=CCCOc1ccc(OC)c(OC)c1. The number of methoxy groups -OCH3 is 2. The fourth-order valence-corrected chi connectivity index (χ4v) is 1.17. The molecule has 0 saturated carbocycles. The summed E-state index contributed by atoms with van der Waals surface area (Å²) < 4.78 is 15.8. The lowest BCUT2D eigenvalue weighted by atomic mass is 10.3. The lowest BCUT2D eigenvalue weighted by Gasteiger charge is -2.10. The summed E-state index contributed by atoms with van der Waals surface area (Å²) in [4.78, 5) is 0. The molecule has 0 spiro atoms. The largest absolute Gasteiger partial charge is 0.493 e. The predicted molar refractivity (Wildman–Crippen MR) is 59.9 cm³/mol. The Morgan fingerprint density at radius 2 is 1.93 bits per heavy atom. The first kappa shape index (κ1) is 11.4. The van der Waals surface area contributed by atoms with Gasteiger partial charge in [0.25, 0.3) is 0 Å². The van der Waals surface area contributed by atoms with Gasteiger partial charge in [0.2, 0.25) is 0 Å². The monoisotopic (exact) mass is 208 g/mol. The first-order valence-corrected chi connectivity index (χ1v) is 4.77. The van der Waals surface area contributed by atoms with E-state index in [2.05, 4.69) is 6.58 Å². The maximum atomic E-state index is 5.48. The summed E-state index contributed by atoms with van der Waals surface area (Å²) in [6, 6.07) is 5.48. The molecule has 1 rings (SSSR count). The van der Waals surface area contributed by atoms with Gasteiger partial charge < -0.3 is 14.2 Å². The highest BCUT2D eigenvalue weighted by atomic mass is 16.5. The van der Waals surface area contributed by atoms with E-state index in [0.717, 1.165) is 12.2 Å². The standard InChI is InChI=1S/C12H16O3/c1-4-5-8-15-10-6-7-11(13-2)12(9-10)14-3/h4,6-7,9H,1,5,8H2,2-3H3. The highest BCUT2D eigenvalue weighted by molar-refractivity contribution is 5.45. The van der Waals surface area contributed by atoms with Crippen LogP contribution in [0.2, 0.25) is 0 Å². The van der Waals surface area contributed by atoms with Crippen LogP contribution in [0.25, 0.3) is 0 Å². The molecule has 0 aliphatic rings. The minimum Gasteiger partial charge on any atom is -0.493 e. The van der Waals surface area contributed by atoms with Crippen molar-refractivity contribution in [2.24, 2.45) is 0 Å². The minimum absolute atomic E-state index is 0.624. The van der Waals surface area contributed by atoms with Gasteiger partial charge in [0.15, 0.2) is 11.5 Å². The van der Waals surface area contributed by atoms with Crippen molar-refractivity contribution in [3.05, 3.63) is 30.9 Å². The van der Waals surface area contributed by atoms with Gasteiger partial charge >= 0.3 is 0 Å². The van der Waals surface area contributed by atoms with Crippen LogP contribution in [0, 0.1) is 0 Å². The maximum Gasteiger partial charge on any atom is 0.164 e. The summed E-state index contributed by atoms with van der Waals surface area (Å²) in [5.41, 5.74) is 0. The van der Waals surface area contributed by atoms with Gasteiger partial charge in [-0.3, -0.25) is 0 Å². The van der Waals surface area contributed by atoms with E-state index in [1.54, 1.807) is 14.2 Å². The van der Waals surface area contributed by atoms with Gasteiger partial charge in [0.05, 0.1) is 20.8 Å². The third-order valence-electron chi connectivity index (χ3n) is 1.95. The van der Waals surface area contributed by atoms with Gasteiger partial charge in [0.1, 0.15) is 5.75 Å². The molecule has 0 aliphatic carbocycles. The second-order valence-corrected chi connectivity index (χ2v) is 2.94. The molecule has 0 heterocycles. The lowest BCUT2D eigenvalue weighted by molar-refractivity contribution is 0.316. The summed E-state index contributed by atoms with van der Waals surface area (Å²) in [5, 5.41) is 0. The van der Waals surface area contributed by atoms with Crippen LogP contribution in [-0.4, -0.2) is 20.8 Å². The number of hydrogen-bond donors (Lipinski definition) is 0. The number of benzene rings is 1. The molecule has 0 radical (unpaired) electrons. The molecule has 0 aromatic heterocycles. The van der Waals surface area contributed by atoms with Crippen molar-refractivity contribution >= 4 is 0 Å². The lowest BCUT2D eigenvalue weighted by Crippen LogP contribution is -1.97. The van der Waals surface area contributed by atoms with Gasteiger partial charge in [-0.2, -0.15) is 0 Å². The molecule has 0 unspecified atom stereocenters. The Morgan fingerprint density at radius 1 is 1.20 bits per heavy atom. The Morgan fingerprint density at radius 3 is 2.53 bits per heavy atom. The topological polar surface area (TPSA) is 27.7 Å². The van der Waals surface area contributed by atoms with Gasteiger partial charge in [-0.15, -0.1) is 6.58 Å². The second-order valence-electron chi connectivity index (χ2n) is 2.94. The fourth-order valence-electron chi connectivity index (χ4n) is 1.17. The van der Waals surface area contributed by atoms with E-state index in [1.165, 1.54) is 0 Å². The molecule has 3 nitrogen and oxygen atoms in total. The quantitative estimate of drug-likeness (QED) is 0.531. The normalized spacial score (nSPS) is 9.47. The highest BCUT2D eigenvalue weighted by Crippen LogP contribution is 2.30. The molecule has 1 aromatic carbocycles. The van der Waals surface area contributed by atoms with E-state index in [4.69, 9.17) is 14.2 Å². The van der Waals surface area contributed by atoms with Crippen molar-refractivity contribution in [1.29, 1.82) is 0 Å². The molecule has 0 N–H and O–H groups in total. The summed E-state index contributed by atoms with van der Waals surface area (Å²) >= 11 is 0. The van der Waals surface area contributed by atoms with E-state index in [9.17, 15) is 0 Å². The van der Waals surface area contributed by atoms with Crippen molar-refractivity contribution in [2.75, 3.05) is 20.8 Å². The zero-order chi connectivity index (χ0) is 11.1. The fraction of sp³-hybridized carbons (Fsp3) is 0.333. The van der Waals surface area contributed by atoms with Crippen molar-refractivity contribution in [2.45, 2.75) is 6.42 Å². The summed E-state index contributed by atoms with van der Waals surface area (Å²) in [6.45, 7) is 4.25. The molecule has 0 bridgehead atoms. The van der Waals surface area contributed by atoms with E-state index in [0.29, 0.717) is 18.1 Å². The van der Waals surface area contributed by atoms with Crippen molar-refractivity contribution in [1.82, 2.24) is 0 Å². The van der Waals surface area contributed by atoms with Crippen LogP contribution in [0.4, 0.5) is 0 Å². The van der Waals surface area contributed by atoms with Crippen molar-refractivity contribution in [3.8, 4) is 17.2 Å². The molecule has 15 heavy (non-hydrogen) atoms. The predicted octanol–water partition coefficient (Wildman–Crippen LogP) is 2.66. The Labute approximate surface area is 90.3 Å². The second kappa shape index (κ2) is 5.96. The smallest absolute Gasteiger partial charge is 0.164 e. The molecule has 0 amide bonds. The zero-order valence-electron chi connectivity index (χ0n) is 9.16. The number of hydrogen-bond acceptors (Lipinski definition) is 3. The van der Waals surface area contributed by atoms with Gasteiger partial charge in [-0.1, -0.05) is 6.08 Å². The molecule has 0 fully saturated rings. The van der Waals surface area contributed by atoms with Crippen LogP contribution < -0.4 is 14.2 Å². The molecular formula is C12H16O3. The first-order valence-electron chi connectivity index (χ1n) is 4.77. The Balaban J connectivity index is 2.69. The minimum atomic E-state index is 0.624. The van der Waals surface area contributed by atoms with Crippen LogP contribution in [0.15, 0.2) is 30.9 Å². The van der Waals surface area contributed by atoms with Crippen LogP contribution in [0.1, 0.15) is 6.42 Å². The highest BCUT2D eigenvalue weighted by Gasteiger charge is 2.04. The Kier molecular flexibility index (Phi) is 4.54.